The highest BCUT2D eigenvalue weighted by molar-refractivity contribution is 6.74. The molecule has 0 spiro atoms. The summed E-state index contributed by atoms with van der Waals surface area (Å²) in [5, 5.41) is 0.283. The molecule has 0 saturated carbocycles. The van der Waals surface area contributed by atoms with Crippen molar-refractivity contribution in [3.63, 3.8) is 0 Å². The molecule has 0 aromatic rings. The Morgan fingerprint density at radius 3 is 1.94 bits per heavy atom. The second-order valence-corrected chi connectivity index (χ2v) is 16.9. The lowest BCUT2D eigenvalue weighted by Crippen LogP contribution is -2.41. The molecule has 0 aliphatic carbocycles. The SMILES string of the molecule is C[C@H](/C=C/O[Si](C)(C)C)CO[Si](C)(C)C(C)(C)C. The Labute approximate surface area is 116 Å². The smallest absolute Gasteiger partial charge is 0.241 e. The van der Waals surface area contributed by atoms with Gasteiger partial charge in [0.05, 0.1) is 6.26 Å². The van der Waals surface area contributed by atoms with Crippen molar-refractivity contribution in [2.24, 2.45) is 5.92 Å². The van der Waals surface area contributed by atoms with Crippen LogP contribution < -0.4 is 0 Å². The molecular formula is C14H32O2Si2. The molecule has 1 atom stereocenters. The molecule has 0 amide bonds. The Bertz CT molecular complexity index is 272. The van der Waals surface area contributed by atoms with Crippen LogP contribution in [0.25, 0.3) is 0 Å². The molecule has 0 N–H and O–H groups in total. The predicted octanol–water partition coefficient (Wildman–Crippen LogP) is 5.01. The van der Waals surface area contributed by atoms with Crippen molar-refractivity contribution in [2.75, 3.05) is 6.61 Å². The van der Waals surface area contributed by atoms with Crippen LogP contribution in [-0.2, 0) is 8.85 Å². The summed E-state index contributed by atoms with van der Waals surface area (Å²) in [5.41, 5.74) is 0. The van der Waals surface area contributed by atoms with Crippen LogP contribution in [0.4, 0.5) is 0 Å². The first-order valence-electron chi connectivity index (χ1n) is 6.83. The van der Waals surface area contributed by atoms with E-state index in [1.807, 2.05) is 6.26 Å². The van der Waals surface area contributed by atoms with Crippen molar-refractivity contribution in [2.45, 2.75) is 65.5 Å². The van der Waals surface area contributed by atoms with Gasteiger partial charge < -0.3 is 8.85 Å². The maximum absolute atomic E-state index is 6.18. The van der Waals surface area contributed by atoms with Gasteiger partial charge in [-0.2, -0.15) is 0 Å². The van der Waals surface area contributed by atoms with E-state index in [4.69, 9.17) is 8.85 Å². The molecular weight excluding hydrogens is 256 g/mol. The topological polar surface area (TPSA) is 18.5 Å². The van der Waals surface area contributed by atoms with Gasteiger partial charge in [-0.3, -0.25) is 0 Å². The minimum absolute atomic E-state index is 0.283. The van der Waals surface area contributed by atoms with Gasteiger partial charge in [0, 0.05) is 6.61 Å². The van der Waals surface area contributed by atoms with Gasteiger partial charge in [0.2, 0.25) is 8.32 Å². The zero-order chi connectivity index (χ0) is 14.6. The van der Waals surface area contributed by atoms with Crippen LogP contribution in [0.15, 0.2) is 12.3 Å². The van der Waals surface area contributed by atoms with Gasteiger partial charge in [-0.05, 0) is 49.8 Å². The average Bonchev–Trinajstić information content (AvgIpc) is 2.11. The van der Waals surface area contributed by atoms with Crippen LogP contribution >= 0.6 is 0 Å². The first kappa shape index (κ1) is 17.9. The number of hydrogen-bond donors (Lipinski definition) is 0. The second-order valence-electron chi connectivity index (χ2n) is 7.61. The fourth-order valence-corrected chi connectivity index (χ4v) is 2.59. The first-order valence-corrected chi connectivity index (χ1v) is 13.2. The quantitative estimate of drug-likeness (QED) is 0.505. The van der Waals surface area contributed by atoms with Crippen molar-refractivity contribution in [1.82, 2.24) is 0 Å². The maximum atomic E-state index is 6.18. The summed E-state index contributed by atoms with van der Waals surface area (Å²) in [6.45, 7) is 20.9. The lowest BCUT2D eigenvalue weighted by molar-refractivity contribution is 0.258. The van der Waals surface area contributed by atoms with Gasteiger partial charge in [-0.1, -0.05) is 27.7 Å². The van der Waals surface area contributed by atoms with Crippen molar-refractivity contribution >= 4 is 16.6 Å². The van der Waals surface area contributed by atoms with E-state index in [0.29, 0.717) is 5.92 Å². The summed E-state index contributed by atoms with van der Waals surface area (Å²) in [6.07, 6.45) is 3.98. The molecule has 0 saturated heterocycles. The summed E-state index contributed by atoms with van der Waals surface area (Å²) in [5.74, 6) is 0.412. The van der Waals surface area contributed by atoms with Gasteiger partial charge >= 0.3 is 0 Å². The Balaban J connectivity index is 4.16. The third-order valence-electron chi connectivity index (χ3n) is 3.34. The molecule has 0 aliphatic heterocycles. The summed E-state index contributed by atoms with van der Waals surface area (Å²) in [6, 6.07) is 0. The summed E-state index contributed by atoms with van der Waals surface area (Å²) in [4.78, 5) is 0. The Morgan fingerprint density at radius 2 is 1.56 bits per heavy atom. The summed E-state index contributed by atoms with van der Waals surface area (Å²) < 4.78 is 11.9. The van der Waals surface area contributed by atoms with Crippen LogP contribution in [0.5, 0.6) is 0 Å². The minimum Gasteiger partial charge on any atom is -0.550 e. The predicted molar refractivity (Wildman–Crippen MR) is 85.9 cm³/mol. The summed E-state index contributed by atoms with van der Waals surface area (Å²) >= 11 is 0. The molecule has 0 heterocycles. The zero-order valence-electron chi connectivity index (χ0n) is 13.8. The van der Waals surface area contributed by atoms with Crippen LogP contribution in [0, 0.1) is 5.92 Å². The Morgan fingerprint density at radius 1 is 1.06 bits per heavy atom. The molecule has 0 bridgehead atoms. The van der Waals surface area contributed by atoms with Crippen molar-refractivity contribution < 1.29 is 8.85 Å². The number of rotatable bonds is 6. The highest BCUT2D eigenvalue weighted by Gasteiger charge is 2.37. The molecule has 0 aromatic carbocycles. The van der Waals surface area contributed by atoms with E-state index in [1.165, 1.54) is 0 Å². The molecule has 0 rings (SSSR count). The fourth-order valence-electron chi connectivity index (χ4n) is 0.989. The van der Waals surface area contributed by atoms with E-state index in [1.54, 1.807) is 0 Å². The Kier molecular flexibility index (Phi) is 6.37. The first-order chi connectivity index (χ1) is 7.85. The third kappa shape index (κ3) is 7.39. The largest absolute Gasteiger partial charge is 0.550 e. The minimum atomic E-state index is -1.61. The van der Waals surface area contributed by atoms with E-state index >= 15 is 0 Å². The van der Waals surface area contributed by atoms with Crippen LogP contribution in [-0.4, -0.2) is 23.2 Å². The standard InChI is InChI=1S/C14H32O2Si2/c1-13(10-11-15-17(5,6)7)12-16-18(8,9)14(2,3)4/h10-11,13H,12H2,1-9H3/b11-10+/t13-/m1/s1. The molecule has 0 radical (unpaired) electrons. The molecule has 0 unspecified atom stereocenters. The Hall–Kier alpha value is -0.0662. The third-order valence-corrected chi connectivity index (χ3v) is 8.69. The lowest BCUT2D eigenvalue weighted by atomic mass is 10.2. The van der Waals surface area contributed by atoms with E-state index in [-0.39, 0.29) is 5.04 Å². The molecule has 18 heavy (non-hydrogen) atoms. The highest BCUT2D eigenvalue weighted by atomic mass is 28.4. The van der Waals surface area contributed by atoms with Crippen LogP contribution in [0.1, 0.15) is 27.7 Å². The molecule has 0 aromatic heterocycles. The van der Waals surface area contributed by atoms with Gasteiger partial charge in [-0.15, -0.1) is 0 Å². The molecule has 0 aliphatic rings. The van der Waals surface area contributed by atoms with Gasteiger partial charge in [-0.25, -0.2) is 0 Å². The monoisotopic (exact) mass is 288 g/mol. The normalized spacial score (nSPS) is 16.1. The number of hydrogen-bond acceptors (Lipinski definition) is 2. The molecule has 0 fully saturated rings. The maximum Gasteiger partial charge on any atom is 0.241 e. The van der Waals surface area contributed by atoms with Crippen LogP contribution in [0.3, 0.4) is 0 Å². The van der Waals surface area contributed by atoms with E-state index in [0.717, 1.165) is 6.61 Å². The summed E-state index contributed by atoms with van der Waals surface area (Å²) in [7, 11) is -3.04. The van der Waals surface area contributed by atoms with E-state index in [2.05, 4.69) is 66.5 Å². The van der Waals surface area contributed by atoms with E-state index in [9.17, 15) is 0 Å². The molecule has 108 valence electrons. The second kappa shape index (κ2) is 6.39. The van der Waals surface area contributed by atoms with Gasteiger partial charge in [0.1, 0.15) is 0 Å². The molecule has 4 heteroatoms. The zero-order valence-corrected chi connectivity index (χ0v) is 15.8. The highest BCUT2D eigenvalue weighted by Crippen LogP contribution is 2.36. The molecule has 2 nitrogen and oxygen atoms in total. The van der Waals surface area contributed by atoms with Gasteiger partial charge in [0.25, 0.3) is 0 Å². The fraction of sp³-hybridized carbons (Fsp3) is 0.857. The van der Waals surface area contributed by atoms with Crippen molar-refractivity contribution in [3.05, 3.63) is 12.3 Å². The average molecular weight is 289 g/mol. The van der Waals surface area contributed by atoms with Crippen molar-refractivity contribution in [1.29, 1.82) is 0 Å². The lowest BCUT2D eigenvalue weighted by Gasteiger charge is -2.36. The van der Waals surface area contributed by atoms with E-state index < -0.39 is 16.6 Å². The van der Waals surface area contributed by atoms with Crippen molar-refractivity contribution in [3.8, 4) is 0 Å². The van der Waals surface area contributed by atoms with Gasteiger partial charge in [0.15, 0.2) is 8.32 Å². The van der Waals surface area contributed by atoms with Crippen LogP contribution in [0.2, 0.25) is 37.8 Å².